The van der Waals surface area contributed by atoms with E-state index in [1.54, 1.807) is 24.5 Å². The Morgan fingerprint density at radius 3 is 2.30 bits per heavy atom. The minimum atomic E-state index is -0.261. The molecule has 0 aliphatic heterocycles. The zero-order chi connectivity index (χ0) is 23.5. The van der Waals surface area contributed by atoms with E-state index in [1.165, 1.54) is 0 Å². The molecule has 4 nitrogen and oxygen atoms in total. The monoisotopic (exact) mass is 479 g/mol. The minimum Gasteiger partial charge on any atom is -0.489 e. The van der Waals surface area contributed by atoms with Crippen molar-refractivity contribution in [3.8, 4) is 16.9 Å². The summed E-state index contributed by atoms with van der Waals surface area (Å²) in [5.74, 6) is 0.243. The van der Waals surface area contributed by atoms with E-state index >= 15 is 0 Å². The second kappa shape index (κ2) is 9.74. The van der Waals surface area contributed by atoms with Gasteiger partial charge in [-0.15, -0.1) is 0 Å². The van der Waals surface area contributed by atoms with Crippen molar-refractivity contribution < 1.29 is 13.9 Å². The molecule has 0 spiro atoms. The van der Waals surface area contributed by atoms with E-state index in [-0.39, 0.29) is 24.0 Å². The van der Waals surface area contributed by atoms with Crippen molar-refractivity contribution in [2.75, 3.05) is 6.61 Å². The van der Waals surface area contributed by atoms with E-state index in [9.17, 15) is 4.79 Å². The van der Waals surface area contributed by atoms with Crippen molar-refractivity contribution in [1.29, 1.82) is 0 Å². The van der Waals surface area contributed by atoms with Crippen molar-refractivity contribution in [2.45, 2.75) is 13.8 Å². The standard InChI is InChI=1S/C27H23Cl2NO3/c1-16(2)27(31)21(26(30)25-22(28)4-3-5-23(25)29)15-33-20-9-6-17(7-10-20)18-8-11-24-19(14-18)12-13-32-24/h3-14,16H,15,30H2,1-2H3. The third-order valence-corrected chi connectivity index (χ3v) is 6.03. The second-order valence-corrected chi connectivity index (χ2v) is 8.81. The lowest BCUT2D eigenvalue weighted by atomic mass is 9.97. The number of carbonyl (C=O) groups is 1. The first-order chi connectivity index (χ1) is 15.8. The quantitative estimate of drug-likeness (QED) is 0.280. The zero-order valence-corrected chi connectivity index (χ0v) is 19.8. The van der Waals surface area contributed by atoms with E-state index in [4.69, 9.17) is 38.1 Å². The molecule has 6 heteroatoms. The summed E-state index contributed by atoms with van der Waals surface area (Å²) in [7, 11) is 0. The summed E-state index contributed by atoms with van der Waals surface area (Å²) >= 11 is 12.6. The molecule has 0 radical (unpaired) electrons. The van der Waals surface area contributed by atoms with Crippen LogP contribution in [0.15, 0.2) is 83.0 Å². The van der Waals surface area contributed by atoms with Gasteiger partial charge in [-0.3, -0.25) is 4.79 Å². The fraction of sp³-hybridized carbons (Fsp3) is 0.148. The van der Waals surface area contributed by atoms with E-state index in [2.05, 4.69) is 6.07 Å². The van der Waals surface area contributed by atoms with Gasteiger partial charge in [0.25, 0.3) is 0 Å². The lowest BCUT2D eigenvalue weighted by Crippen LogP contribution is -2.21. The Labute approximate surface area is 202 Å². The van der Waals surface area contributed by atoms with Crippen LogP contribution in [0.3, 0.4) is 0 Å². The number of ketones is 1. The Morgan fingerprint density at radius 2 is 1.64 bits per heavy atom. The molecule has 4 rings (SSSR count). The van der Waals surface area contributed by atoms with Crippen LogP contribution in [0.1, 0.15) is 19.4 Å². The fourth-order valence-electron chi connectivity index (χ4n) is 3.58. The molecule has 33 heavy (non-hydrogen) atoms. The molecule has 0 saturated heterocycles. The number of carbonyl (C=O) groups excluding carboxylic acids is 1. The maximum absolute atomic E-state index is 12.9. The molecular formula is C27H23Cl2NO3. The number of ether oxygens (including phenoxy) is 1. The molecule has 3 aromatic carbocycles. The van der Waals surface area contributed by atoms with Crippen molar-refractivity contribution >= 4 is 45.7 Å². The Balaban J connectivity index is 1.58. The third kappa shape index (κ3) is 4.92. The Morgan fingerprint density at radius 1 is 0.970 bits per heavy atom. The summed E-state index contributed by atoms with van der Waals surface area (Å²) in [4.78, 5) is 12.9. The highest BCUT2D eigenvalue weighted by molar-refractivity contribution is 6.37. The summed E-state index contributed by atoms with van der Waals surface area (Å²) < 4.78 is 11.4. The first-order valence-corrected chi connectivity index (χ1v) is 11.3. The van der Waals surface area contributed by atoms with Gasteiger partial charge in [0, 0.05) is 16.9 Å². The van der Waals surface area contributed by atoms with Gasteiger partial charge in [-0.25, -0.2) is 0 Å². The highest BCUT2D eigenvalue weighted by Crippen LogP contribution is 2.32. The molecule has 4 aromatic rings. The minimum absolute atomic E-state index is 0.00469. The van der Waals surface area contributed by atoms with Gasteiger partial charge in [0.2, 0.25) is 0 Å². The Bertz CT molecular complexity index is 1320. The number of hydrogen-bond acceptors (Lipinski definition) is 4. The highest BCUT2D eigenvalue weighted by Gasteiger charge is 2.21. The Kier molecular flexibility index (Phi) is 6.77. The van der Waals surface area contributed by atoms with Crippen molar-refractivity contribution in [1.82, 2.24) is 0 Å². The van der Waals surface area contributed by atoms with Gasteiger partial charge in [0.15, 0.2) is 5.78 Å². The first-order valence-electron chi connectivity index (χ1n) is 10.5. The number of hydrogen-bond donors (Lipinski definition) is 1. The van der Waals surface area contributed by atoms with Crippen LogP contribution in [0.25, 0.3) is 27.8 Å². The van der Waals surface area contributed by atoms with Gasteiger partial charge in [-0.05, 0) is 53.6 Å². The molecule has 0 saturated carbocycles. The number of furan rings is 1. The summed E-state index contributed by atoms with van der Waals surface area (Å²) in [5.41, 5.74) is 10.4. The summed E-state index contributed by atoms with van der Waals surface area (Å²) in [6.45, 7) is 3.63. The SMILES string of the molecule is CC(C)C(=O)C(COc1ccc(-c2ccc3occc3c2)cc1)=C(N)c1c(Cl)cccc1Cl. The molecule has 0 amide bonds. The molecule has 0 bridgehead atoms. The van der Waals surface area contributed by atoms with Crippen LogP contribution in [0.2, 0.25) is 10.0 Å². The molecule has 1 heterocycles. The average Bonchev–Trinajstić information content (AvgIpc) is 3.27. The molecule has 0 aliphatic carbocycles. The number of rotatable bonds is 7. The van der Waals surface area contributed by atoms with Crippen LogP contribution in [0.5, 0.6) is 5.75 Å². The predicted octanol–water partition coefficient (Wildman–Crippen LogP) is 7.38. The van der Waals surface area contributed by atoms with Crippen LogP contribution in [0, 0.1) is 5.92 Å². The number of nitrogens with two attached hydrogens (primary N) is 1. The maximum atomic E-state index is 12.9. The molecule has 0 unspecified atom stereocenters. The molecule has 0 atom stereocenters. The summed E-state index contributed by atoms with van der Waals surface area (Å²) in [5, 5.41) is 1.81. The largest absolute Gasteiger partial charge is 0.489 e. The lowest BCUT2D eigenvalue weighted by Gasteiger charge is -2.16. The van der Waals surface area contributed by atoms with Gasteiger partial charge >= 0.3 is 0 Å². The van der Waals surface area contributed by atoms with Gasteiger partial charge in [-0.2, -0.15) is 0 Å². The van der Waals surface area contributed by atoms with E-state index in [0.717, 1.165) is 22.1 Å². The van der Waals surface area contributed by atoms with Crippen LogP contribution < -0.4 is 10.5 Å². The number of halogens is 2. The molecule has 0 fully saturated rings. The van der Waals surface area contributed by atoms with Crippen LogP contribution in [-0.2, 0) is 4.79 Å². The van der Waals surface area contributed by atoms with Gasteiger partial charge in [0.05, 0.1) is 27.6 Å². The van der Waals surface area contributed by atoms with Crippen LogP contribution in [-0.4, -0.2) is 12.4 Å². The maximum Gasteiger partial charge on any atom is 0.166 e. The van der Waals surface area contributed by atoms with Crippen molar-refractivity contribution in [2.24, 2.45) is 11.7 Å². The molecule has 2 N–H and O–H groups in total. The van der Waals surface area contributed by atoms with Gasteiger partial charge in [-0.1, -0.05) is 61.3 Å². The zero-order valence-electron chi connectivity index (χ0n) is 18.3. The first kappa shape index (κ1) is 23.0. The average molecular weight is 480 g/mol. The van der Waals surface area contributed by atoms with E-state index in [0.29, 0.717) is 26.9 Å². The molecular weight excluding hydrogens is 457 g/mol. The van der Waals surface area contributed by atoms with Gasteiger partial charge < -0.3 is 14.9 Å². The number of Topliss-reactive ketones (excluding diaryl/α,β-unsaturated/α-hetero) is 1. The van der Waals surface area contributed by atoms with Crippen LogP contribution >= 0.6 is 23.2 Å². The fourth-order valence-corrected chi connectivity index (χ4v) is 4.18. The number of benzene rings is 3. The summed E-state index contributed by atoms with van der Waals surface area (Å²) in [6.07, 6.45) is 1.68. The highest BCUT2D eigenvalue weighted by atomic mass is 35.5. The molecule has 0 aliphatic rings. The second-order valence-electron chi connectivity index (χ2n) is 7.99. The number of fused-ring (bicyclic) bond motifs is 1. The van der Waals surface area contributed by atoms with Crippen molar-refractivity contribution in [3.63, 3.8) is 0 Å². The smallest absolute Gasteiger partial charge is 0.166 e. The predicted molar refractivity (Wildman–Crippen MR) is 135 cm³/mol. The molecule has 1 aromatic heterocycles. The summed E-state index contributed by atoms with van der Waals surface area (Å²) in [6, 6.07) is 20.8. The normalized spacial score (nSPS) is 12.2. The van der Waals surface area contributed by atoms with Gasteiger partial charge in [0.1, 0.15) is 17.9 Å². The van der Waals surface area contributed by atoms with Crippen molar-refractivity contribution in [3.05, 3.63) is 94.2 Å². The lowest BCUT2D eigenvalue weighted by molar-refractivity contribution is -0.118. The van der Waals surface area contributed by atoms with E-state index < -0.39 is 0 Å². The van der Waals surface area contributed by atoms with E-state index in [1.807, 2.05) is 56.3 Å². The van der Waals surface area contributed by atoms with Crippen LogP contribution in [0.4, 0.5) is 0 Å². The molecule has 168 valence electrons. The Hall–Kier alpha value is -3.21. The topological polar surface area (TPSA) is 65.5 Å². The third-order valence-electron chi connectivity index (χ3n) is 5.40.